The Balaban J connectivity index is 1.88. The molecule has 1 N–H and O–H groups in total. The van der Waals surface area contributed by atoms with Crippen molar-refractivity contribution in [3.63, 3.8) is 0 Å². The zero-order valence-electron chi connectivity index (χ0n) is 12.2. The number of anilines is 1. The van der Waals surface area contributed by atoms with Crippen molar-refractivity contribution in [2.45, 2.75) is 30.5 Å². The third kappa shape index (κ3) is 3.98. The monoisotopic (exact) mass is 338 g/mol. The number of carbonyl (C=O) groups is 1. The van der Waals surface area contributed by atoms with Gasteiger partial charge in [0.25, 0.3) is 5.91 Å². The van der Waals surface area contributed by atoms with Crippen molar-refractivity contribution in [3.8, 4) is 0 Å². The van der Waals surface area contributed by atoms with E-state index in [9.17, 15) is 4.79 Å². The lowest BCUT2D eigenvalue weighted by atomic mass is 9.89. The summed E-state index contributed by atoms with van der Waals surface area (Å²) in [6.45, 7) is 0.768. The molecule has 0 heterocycles. The normalized spacial score (nSPS) is 22.4. The molecule has 4 heteroatoms. The second-order valence-corrected chi connectivity index (χ2v) is 6.89. The SMILES string of the molecule is CN(C)c1ccc(C(=O)NCC2CCCCC2Br)cc1. The van der Waals surface area contributed by atoms with Gasteiger partial charge in [0, 0.05) is 36.7 Å². The van der Waals surface area contributed by atoms with Gasteiger partial charge in [0.2, 0.25) is 0 Å². The minimum atomic E-state index is 0.0283. The molecule has 1 aliphatic rings. The third-order valence-electron chi connectivity index (χ3n) is 3.99. The molecule has 2 atom stereocenters. The number of benzene rings is 1. The van der Waals surface area contributed by atoms with Gasteiger partial charge in [-0.1, -0.05) is 28.8 Å². The fourth-order valence-electron chi connectivity index (χ4n) is 2.63. The van der Waals surface area contributed by atoms with Crippen LogP contribution in [0.4, 0.5) is 5.69 Å². The summed E-state index contributed by atoms with van der Waals surface area (Å²) < 4.78 is 0. The van der Waals surface area contributed by atoms with Crippen molar-refractivity contribution in [2.24, 2.45) is 5.92 Å². The Hall–Kier alpha value is -1.03. The summed E-state index contributed by atoms with van der Waals surface area (Å²) >= 11 is 3.73. The molecule has 0 aromatic heterocycles. The second kappa shape index (κ2) is 7.11. The lowest BCUT2D eigenvalue weighted by molar-refractivity contribution is 0.0944. The van der Waals surface area contributed by atoms with E-state index in [1.807, 2.05) is 43.3 Å². The summed E-state index contributed by atoms with van der Waals surface area (Å²) in [5.41, 5.74) is 1.84. The van der Waals surface area contributed by atoms with Crippen molar-refractivity contribution in [2.75, 3.05) is 25.5 Å². The molecule has 0 bridgehead atoms. The molecule has 20 heavy (non-hydrogen) atoms. The average molecular weight is 339 g/mol. The first-order valence-corrected chi connectivity index (χ1v) is 8.19. The average Bonchev–Trinajstić information content (AvgIpc) is 2.46. The first kappa shape index (κ1) is 15.4. The maximum Gasteiger partial charge on any atom is 0.251 e. The maximum absolute atomic E-state index is 12.1. The Morgan fingerprint density at radius 1 is 1.25 bits per heavy atom. The highest BCUT2D eigenvalue weighted by atomic mass is 79.9. The Labute approximate surface area is 129 Å². The molecular weight excluding hydrogens is 316 g/mol. The molecule has 1 amide bonds. The van der Waals surface area contributed by atoms with Gasteiger partial charge >= 0.3 is 0 Å². The van der Waals surface area contributed by atoms with Crippen LogP contribution in [0, 0.1) is 5.92 Å². The number of hydrogen-bond acceptors (Lipinski definition) is 2. The minimum absolute atomic E-state index is 0.0283. The third-order valence-corrected chi connectivity index (χ3v) is 5.19. The second-order valence-electron chi connectivity index (χ2n) is 5.71. The van der Waals surface area contributed by atoms with Crippen LogP contribution in [-0.2, 0) is 0 Å². The minimum Gasteiger partial charge on any atom is -0.378 e. The quantitative estimate of drug-likeness (QED) is 0.853. The van der Waals surface area contributed by atoms with Gasteiger partial charge in [-0.2, -0.15) is 0 Å². The van der Waals surface area contributed by atoms with E-state index in [-0.39, 0.29) is 5.91 Å². The van der Waals surface area contributed by atoms with Crippen LogP contribution in [0.3, 0.4) is 0 Å². The fraction of sp³-hybridized carbons (Fsp3) is 0.562. The van der Waals surface area contributed by atoms with Crippen LogP contribution in [0.1, 0.15) is 36.0 Å². The number of rotatable bonds is 4. The fourth-order valence-corrected chi connectivity index (χ4v) is 3.40. The van der Waals surface area contributed by atoms with Gasteiger partial charge in [0.1, 0.15) is 0 Å². The molecule has 3 nitrogen and oxygen atoms in total. The zero-order valence-corrected chi connectivity index (χ0v) is 13.8. The molecule has 1 saturated carbocycles. The number of carbonyl (C=O) groups excluding carboxylic acids is 1. The topological polar surface area (TPSA) is 32.3 Å². The Morgan fingerprint density at radius 3 is 2.50 bits per heavy atom. The van der Waals surface area contributed by atoms with Crippen molar-refractivity contribution >= 4 is 27.5 Å². The number of nitrogens with zero attached hydrogens (tertiary/aromatic N) is 1. The smallest absolute Gasteiger partial charge is 0.251 e. The van der Waals surface area contributed by atoms with Gasteiger partial charge in [0.15, 0.2) is 0 Å². The van der Waals surface area contributed by atoms with Crippen molar-refractivity contribution in [1.29, 1.82) is 0 Å². The predicted octanol–water partition coefficient (Wildman–Crippen LogP) is 3.44. The summed E-state index contributed by atoms with van der Waals surface area (Å²) in [5, 5.41) is 3.07. The number of nitrogens with one attached hydrogen (secondary N) is 1. The van der Waals surface area contributed by atoms with Crippen LogP contribution < -0.4 is 10.2 Å². The Kier molecular flexibility index (Phi) is 5.46. The van der Waals surface area contributed by atoms with Crippen LogP contribution in [0.25, 0.3) is 0 Å². The first-order valence-electron chi connectivity index (χ1n) is 7.27. The van der Waals surface area contributed by atoms with E-state index in [4.69, 9.17) is 0 Å². The van der Waals surface area contributed by atoms with Gasteiger partial charge in [-0.05, 0) is 43.0 Å². The molecule has 110 valence electrons. The molecular formula is C16H23BrN2O. The van der Waals surface area contributed by atoms with E-state index in [0.717, 1.165) is 17.8 Å². The van der Waals surface area contributed by atoms with Crippen molar-refractivity contribution < 1.29 is 4.79 Å². The van der Waals surface area contributed by atoms with Gasteiger partial charge in [-0.25, -0.2) is 0 Å². The number of halogens is 1. The largest absolute Gasteiger partial charge is 0.378 e. The molecule has 1 aromatic carbocycles. The molecule has 0 saturated heterocycles. The Morgan fingerprint density at radius 2 is 1.90 bits per heavy atom. The number of amides is 1. The van der Waals surface area contributed by atoms with Gasteiger partial charge in [-0.3, -0.25) is 4.79 Å². The summed E-state index contributed by atoms with van der Waals surface area (Å²) in [4.78, 5) is 14.7. The van der Waals surface area contributed by atoms with Crippen molar-refractivity contribution in [3.05, 3.63) is 29.8 Å². The number of alkyl halides is 1. The van der Waals surface area contributed by atoms with Crippen LogP contribution in [0.5, 0.6) is 0 Å². The molecule has 1 aliphatic carbocycles. The van der Waals surface area contributed by atoms with Gasteiger partial charge in [-0.15, -0.1) is 0 Å². The number of hydrogen-bond donors (Lipinski definition) is 1. The van der Waals surface area contributed by atoms with E-state index < -0.39 is 0 Å². The molecule has 2 unspecified atom stereocenters. The van der Waals surface area contributed by atoms with Crippen LogP contribution >= 0.6 is 15.9 Å². The standard InChI is InChI=1S/C16H23BrN2O/c1-19(2)14-9-7-12(8-10-14)16(20)18-11-13-5-3-4-6-15(13)17/h7-10,13,15H,3-6,11H2,1-2H3,(H,18,20). The molecule has 1 fully saturated rings. The van der Waals surface area contributed by atoms with E-state index in [0.29, 0.717) is 10.7 Å². The first-order chi connectivity index (χ1) is 9.58. The molecule has 0 radical (unpaired) electrons. The highest BCUT2D eigenvalue weighted by Crippen LogP contribution is 2.29. The summed E-state index contributed by atoms with van der Waals surface area (Å²) in [5.74, 6) is 0.592. The molecule has 1 aromatic rings. The van der Waals surface area contributed by atoms with E-state index in [1.54, 1.807) is 0 Å². The highest BCUT2D eigenvalue weighted by Gasteiger charge is 2.23. The molecule has 0 aliphatic heterocycles. The molecule has 2 rings (SSSR count). The Bertz CT molecular complexity index is 444. The van der Waals surface area contributed by atoms with Crippen LogP contribution in [0.15, 0.2) is 24.3 Å². The van der Waals surface area contributed by atoms with E-state index >= 15 is 0 Å². The highest BCUT2D eigenvalue weighted by molar-refractivity contribution is 9.09. The van der Waals surface area contributed by atoms with Crippen molar-refractivity contribution in [1.82, 2.24) is 5.32 Å². The predicted molar refractivity (Wildman–Crippen MR) is 87.8 cm³/mol. The summed E-state index contributed by atoms with van der Waals surface area (Å²) in [6.07, 6.45) is 5.00. The van der Waals surface area contributed by atoms with Crippen LogP contribution in [-0.4, -0.2) is 31.4 Å². The van der Waals surface area contributed by atoms with Gasteiger partial charge in [0.05, 0.1) is 0 Å². The maximum atomic E-state index is 12.1. The summed E-state index contributed by atoms with van der Waals surface area (Å²) in [7, 11) is 3.99. The van der Waals surface area contributed by atoms with Gasteiger partial charge < -0.3 is 10.2 Å². The van der Waals surface area contributed by atoms with E-state index in [2.05, 4.69) is 21.2 Å². The molecule has 0 spiro atoms. The van der Waals surface area contributed by atoms with E-state index in [1.165, 1.54) is 25.7 Å². The zero-order chi connectivity index (χ0) is 14.5. The lowest BCUT2D eigenvalue weighted by Crippen LogP contribution is -2.34. The lowest BCUT2D eigenvalue weighted by Gasteiger charge is -2.27. The van der Waals surface area contributed by atoms with Crippen LogP contribution in [0.2, 0.25) is 0 Å². The summed E-state index contributed by atoms with van der Waals surface area (Å²) in [6, 6.07) is 7.72.